The summed E-state index contributed by atoms with van der Waals surface area (Å²) in [5, 5.41) is 28.6. The first-order valence-corrected chi connectivity index (χ1v) is 6.15. The summed E-state index contributed by atoms with van der Waals surface area (Å²) in [6.07, 6.45) is -3.52. The van der Waals surface area contributed by atoms with Crippen molar-refractivity contribution < 1.29 is 20.1 Å². The summed E-state index contributed by atoms with van der Waals surface area (Å²) in [4.78, 5) is 25.4. The van der Waals surface area contributed by atoms with Gasteiger partial charge in [-0.05, 0) is 0 Å². The molecule has 112 valence electrons. The summed E-state index contributed by atoms with van der Waals surface area (Å²) in [6.45, 7) is -0.103. The van der Waals surface area contributed by atoms with Gasteiger partial charge in [0.25, 0.3) is 5.56 Å². The molecule has 9 nitrogen and oxygen atoms in total. The fourth-order valence-electron chi connectivity index (χ4n) is 2.19. The maximum Gasteiger partial charge on any atom is 0.328 e. The van der Waals surface area contributed by atoms with Crippen LogP contribution in [-0.4, -0.2) is 56.3 Å². The van der Waals surface area contributed by atoms with Crippen molar-refractivity contribution in [3.8, 4) is 0 Å². The number of aromatic amines is 1. The molecule has 1 aromatic rings. The summed E-state index contributed by atoms with van der Waals surface area (Å²) in [5.74, 6) is 0. The Labute approximate surface area is 113 Å². The lowest BCUT2D eigenvalue weighted by atomic mass is 10.0. The van der Waals surface area contributed by atoms with Crippen LogP contribution in [0.2, 0.25) is 0 Å². The first-order valence-electron chi connectivity index (χ1n) is 6.15. The molecule has 0 aromatic carbocycles. The van der Waals surface area contributed by atoms with E-state index in [0.29, 0.717) is 0 Å². The minimum atomic E-state index is -1.36. The molecule has 0 unspecified atom stereocenters. The Balaban J connectivity index is 2.40. The minimum absolute atomic E-state index is 0.000509. The summed E-state index contributed by atoms with van der Waals surface area (Å²) in [7, 11) is 0. The molecule has 0 radical (unpaired) electrons. The number of aliphatic hydroxyl groups is 3. The highest BCUT2D eigenvalue weighted by molar-refractivity contribution is 5.14. The second-order valence-corrected chi connectivity index (χ2v) is 4.58. The van der Waals surface area contributed by atoms with Crippen LogP contribution in [-0.2, 0) is 11.3 Å². The molecular formula is C11H17N3O6. The minimum Gasteiger partial charge on any atom is -0.394 e. The molecule has 0 amide bonds. The van der Waals surface area contributed by atoms with Gasteiger partial charge in [-0.2, -0.15) is 0 Å². The number of nitrogens with one attached hydrogen (secondary N) is 1. The van der Waals surface area contributed by atoms with Crippen LogP contribution in [0.1, 0.15) is 11.7 Å². The quantitative estimate of drug-likeness (QED) is 0.388. The van der Waals surface area contributed by atoms with E-state index in [1.165, 1.54) is 10.8 Å². The Kier molecular flexibility index (Phi) is 4.35. The van der Waals surface area contributed by atoms with Gasteiger partial charge >= 0.3 is 5.69 Å². The Hall–Kier alpha value is -1.52. The fraction of sp³-hybridized carbons (Fsp3) is 0.636. The average molecular weight is 287 g/mol. The first-order chi connectivity index (χ1) is 9.49. The third-order valence-electron chi connectivity index (χ3n) is 3.26. The maximum atomic E-state index is 11.8. The predicted molar refractivity (Wildman–Crippen MR) is 67.1 cm³/mol. The number of H-pyrrole nitrogens is 1. The second kappa shape index (κ2) is 5.85. The third-order valence-corrected chi connectivity index (χ3v) is 3.26. The highest BCUT2D eigenvalue weighted by atomic mass is 16.6. The van der Waals surface area contributed by atoms with E-state index < -0.39 is 42.3 Å². The SMILES string of the molecule is NCCn1cc([C@@H]2O[C@H](CO)[C@@H](O)[C@H]2O)c(=O)[nH]c1=O. The molecule has 2 heterocycles. The molecule has 1 aliphatic heterocycles. The van der Waals surface area contributed by atoms with Crippen molar-refractivity contribution in [3.63, 3.8) is 0 Å². The zero-order chi connectivity index (χ0) is 14.9. The smallest absolute Gasteiger partial charge is 0.328 e. The van der Waals surface area contributed by atoms with E-state index in [-0.39, 0.29) is 18.7 Å². The molecule has 1 saturated heterocycles. The van der Waals surface area contributed by atoms with Gasteiger partial charge in [0.05, 0.1) is 12.2 Å². The zero-order valence-corrected chi connectivity index (χ0v) is 10.6. The van der Waals surface area contributed by atoms with Crippen molar-refractivity contribution in [2.45, 2.75) is 31.0 Å². The number of hydrogen-bond donors (Lipinski definition) is 5. The standard InChI is InChI=1S/C11H17N3O6/c12-1-2-14-3-5(10(18)13-11(14)19)9-8(17)7(16)6(4-15)20-9/h3,6-9,15-17H,1-2,4,12H2,(H,13,18,19)/t6-,7-,8-,9+/m1/s1. The van der Waals surface area contributed by atoms with Crippen LogP contribution in [0.15, 0.2) is 15.8 Å². The molecule has 0 bridgehead atoms. The van der Waals surface area contributed by atoms with Crippen molar-refractivity contribution >= 4 is 0 Å². The molecule has 4 atom stereocenters. The number of rotatable bonds is 4. The van der Waals surface area contributed by atoms with Crippen LogP contribution >= 0.6 is 0 Å². The van der Waals surface area contributed by atoms with Gasteiger partial charge < -0.3 is 25.8 Å². The van der Waals surface area contributed by atoms with Crippen LogP contribution in [0.4, 0.5) is 0 Å². The average Bonchev–Trinajstić information content (AvgIpc) is 2.70. The van der Waals surface area contributed by atoms with Crippen molar-refractivity contribution in [3.05, 3.63) is 32.6 Å². The monoisotopic (exact) mass is 287 g/mol. The molecule has 1 aromatic heterocycles. The first kappa shape index (κ1) is 14.9. The van der Waals surface area contributed by atoms with Crippen LogP contribution in [0.25, 0.3) is 0 Å². The van der Waals surface area contributed by atoms with Gasteiger partial charge in [0.1, 0.15) is 24.4 Å². The lowest BCUT2D eigenvalue weighted by Crippen LogP contribution is -2.36. The number of nitrogens with two attached hydrogens (primary N) is 1. The zero-order valence-electron chi connectivity index (χ0n) is 10.6. The van der Waals surface area contributed by atoms with Gasteiger partial charge in [-0.15, -0.1) is 0 Å². The lowest BCUT2D eigenvalue weighted by Gasteiger charge is -2.15. The molecule has 0 aliphatic carbocycles. The van der Waals surface area contributed by atoms with E-state index in [1.54, 1.807) is 0 Å². The Morgan fingerprint density at radius 2 is 2.05 bits per heavy atom. The van der Waals surface area contributed by atoms with Crippen LogP contribution in [0, 0.1) is 0 Å². The molecule has 0 saturated carbocycles. The number of aromatic nitrogens is 2. The van der Waals surface area contributed by atoms with E-state index in [4.69, 9.17) is 15.6 Å². The fourth-order valence-corrected chi connectivity index (χ4v) is 2.19. The Bertz CT molecular complexity index is 582. The van der Waals surface area contributed by atoms with Crippen molar-refractivity contribution in [2.24, 2.45) is 5.73 Å². The number of aliphatic hydroxyl groups excluding tert-OH is 3. The molecule has 6 N–H and O–H groups in total. The molecule has 1 fully saturated rings. The molecular weight excluding hydrogens is 270 g/mol. The van der Waals surface area contributed by atoms with E-state index in [2.05, 4.69) is 4.98 Å². The Morgan fingerprint density at radius 3 is 2.60 bits per heavy atom. The number of hydrogen-bond acceptors (Lipinski definition) is 7. The highest BCUT2D eigenvalue weighted by Gasteiger charge is 2.44. The van der Waals surface area contributed by atoms with Gasteiger partial charge in [0.2, 0.25) is 0 Å². The van der Waals surface area contributed by atoms with Crippen molar-refractivity contribution in [2.75, 3.05) is 13.2 Å². The van der Waals surface area contributed by atoms with Crippen LogP contribution < -0.4 is 17.0 Å². The van der Waals surface area contributed by atoms with Gasteiger partial charge in [-0.25, -0.2) is 4.79 Å². The van der Waals surface area contributed by atoms with E-state index in [1.807, 2.05) is 0 Å². The largest absolute Gasteiger partial charge is 0.394 e. The molecule has 2 rings (SSSR count). The van der Waals surface area contributed by atoms with E-state index >= 15 is 0 Å². The van der Waals surface area contributed by atoms with Gasteiger partial charge in [-0.1, -0.05) is 0 Å². The molecule has 0 spiro atoms. The summed E-state index contributed by atoms with van der Waals surface area (Å²) < 4.78 is 6.44. The Morgan fingerprint density at radius 1 is 1.35 bits per heavy atom. The van der Waals surface area contributed by atoms with E-state index in [0.717, 1.165) is 0 Å². The summed E-state index contributed by atoms with van der Waals surface area (Å²) in [6, 6.07) is 0. The third kappa shape index (κ3) is 2.53. The normalized spacial score (nSPS) is 29.8. The maximum absolute atomic E-state index is 11.8. The summed E-state index contributed by atoms with van der Waals surface area (Å²) in [5.41, 5.74) is 4.03. The van der Waals surface area contributed by atoms with Gasteiger partial charge in [0.15, 0.2) is 0 Å². The number of nitrogens with zero attached hydrogens (tertiary/aromatic N) is 1. The van der Waals surface area contributed by atoms with Crippen LogP contribution in [0.5, 0.6) is 0 Å². The van der Waals surface area contributed by atoms with Crippen molar-refractivity contribution in [1.82, 2.24) is 9.55 Å². The van der Waals surface area contributed by atoms with Gasteiger partial charge in [-0.3, -0.25) is 14.3 Å². The molecule has 20 heavy (non-hydrogen) atoms. The highest BCUT2D eigenvalue weighted by Crippen LogP contribution is 2.31. The molecule has 1 aliphatic rings. The lowest BCUT2D eigenvalue weighted by molar-refractivity contribution is -0.0233. The van der Waals surface area contributed by atoms with E-state index in [9.17, 15) is 19.8 Å². The number of ether oxygens (including phenoxy) is 1. The molecule has 9 heteroatoms. The predicted octanol–water partition coefficient (Wildman–Crippen LogP) is -3.35. The topological polar surface area (TPSA) is 151 Å². The van der Waals surface area contributed by atoms with Gasteiger partial charge in [0, 0.05) is 19.3 Å². The van der Waals surface area contributed by atoms with Crippen LogP contribution in [0.3, 0.4) is 0 Å². The van der Waals surface area contributed by atoms with Crippen molar-refractivity contribution in [1.29, 1.82) is 0 Å². The summed E-state index contributed by atoms with van der Waals surface area (Å²) >= 11 is 0. The second-order valence-electron chi connectivity index (χ2n) is 4.58.